The molecular formula is C14H13NO4S. The smallest absolute Gasteiger partial charge is 0.308 e. The lowest BCUT2D eigenvalue weighted by Gasteiger charge is -2.25. The summed E-state index contributed by atoms with van der Waals surface area (Å²) in [6.45, 7) is 0.477. The third-order valence-electron chi connectivity index (χ3n) is 2.90. The molecular weight excluding hydrogens is 278 g/mol. The molecule has 6 heteroatoms. The van der Waals surface area contributed by atoms with Crippen molar-refractivity contribution < 1.29 is 19.4 Å². The first-order valence-corrected chi connectivity index (χ1v) is 7.06. The number of fused-ring (bicyclic) bond motifs is 1. The lowest BCUT2D eigenvalue weighted by molar-refractivity contribution is -0.136. The van der Waals surface area contributed by atoms with Gasteiger partial charge in [0.1, 0.15) is 12.7 Å². The van der Waals surface area contributed by atoms with Crippen molar-refractivity contribution in [2.45, 2.75) is 18.9 Å². The van der Waals surface area contributed by atoms with E-state index in [9.17, 15) is 4.79 Å². The summed E-state index contributed by atoms with van der Waals surface area (Å²) in [5, 5.41) is 9.61. The van der Waals surface area contributed by atoms with Crippen LogP contribution in [0.1, 0.15) is 9.88 Å². The summed E-state index contributed by atoms with van der Waals surface area (Å²) in [5.41, 5.74) is 0. The van der Waals surface area contributed by atoms with E-state index in [4.69, 9.17) is 14.6 Å². The third kappa shape index (κ3) is 2.91. The number of carbonyl (C=O) groups is 1. The van der Waals surface area contributed by atoms with Gasteiger partial charge < -0.3 is 14.6 Å². The first kappa shape index (κ1) is 12.9. The fourth-order valence-electron chi connectivity index (χ4n) is 2.03. The molecule has 0 aliphatic carbocycles. The van der Waals surface area contributed by atoms with Crippen LogP contribution in [0.4, 0.5) is 0 Å². The molecule has 0 bridgehead atoms. The number of nitrogens with zero attached hydrogens (tertiary/aromatic N) is 1. The largest absolute Gasteiger partial charge is 0.486 e. The average Bonchev–Trinajstić information content (AvgIpc) is 2.85. The SMILES string of the molecule is O=C(O)Cc1cnc(CC2COc3ccccc3O2)s1. The molecule has 0 saturated heterocycles. The fourth-order valence-corrected chi connectivity index (χ4v) is 3.01. The van der Waals surface area contributed by atoms with Crippen LogP contribution in [0.15, 0.2) is 30.5 Å². The number of carboxylic acid groups (broad SMARTS) is 1. The summed E-state index contributed by atoms with van der Waals surface area (Å²) in [7, 11) is 0. The second-order valence-corrected chi connectivity index (χ2v) is 5.69. The fraction of sp³-hybridized carbons (Fsp3) is 0.286. The molecule has 1 N–H and O–H groups in total. The maximum absolute atomic E-state index is 10.6. The van der Waals surface area contributed by atoms with Gasteiger partial charge in [-0.1, -0.05) is 12.1 Å². The molecule has 0 amide bonds. The number of hydrogen-bond donors (Lipinski definition) is 1. The standard InChI is InChI=1S/C14H13NO4S/c16-14(17)6-10-7-15-13(20-10)5-9-8-18-11-3-1-2-4-12(11)19-9/h1-4,7,9H,5-6,8H2,(H,16,17). The first-order valence-electron chi connectivity index (χ1n) is 6.24. The Morgan fingerprint density at radius 2 is 2.20 bits per heavy atom. The maximum atomic E-state index is 10.6. The van der Waals surface area contributed by atoms with Crippen LogP contribution in [0.2, 0.25) is 0 Å². The summed E-state index contributed by atoms with van der Waals surface area (Å²) in [6, 6.07) is 7.56. The molecule has 0 fully saturated rings. The van der Waals surface area contributed by atoms with Crippen LogP contribution in [0, 0.1) is 0 Å². The minimum absolute atomic E-state index is 0.0164. The van der Waals surface area contributed by atoms with Gasteiger partial charge >= 0.3 is 5.97 Å². The maximum Gasteiger partial charge on any atom is 0.308 e. The lowest BCUT2D eigenvalue weighted by Crippen LogP contribution is -2.30. The van der Waals surface area contributed by atoms with Gasteiger partial charge in [0.2, 0.25) is 0 Å². The Labute approximate surface area is 119 Å². The quantitative estimate of drug-likeness (QED) is 0.934. The zero-order valence-corrected chi connectivity index (χ0v) is 11.4. The van der Waals surface area contributed by atoms with E-state index in [1.54, 1.807) is 6.20 Å². The van der Waals surface area contributed by atoms with Crippen molar-refractivity contribution in [1.82, 2.24) is 4.98 Å². The molecule has 1 aliphatic rings. The number of aliphatic carboxylic acids is 1. The van der Waals surface area contributed by atoms with E-state index in [0.717, 1.165) is 21.4 Å². The molecule has 3 rings (SSSR count). The van der Waals surface area contributed by atoms with Crippen LogP contribution in [-0.4, -0.2) is 28.8 Å². The Morgan fingerprint density at radius 3 is 3.00 bits per heavy atom. The van der Waals surface area contributed by atoms with Crippen molar-refractivity contribution >= 4 is 17.3 Å². The Balaban J connectivity index is 1.64. The molecule has 20 heavy (non-hydrogen) atoms. The Morgan fingerprint density at radius 1 is 1.40 bits per heavy atom. The van der Waals surface area contributed by atoms with E-state index in [2.05, 4.69) is 4.98 Å². The highest BCUT2D eigenvalue weighted by molar-refractivity contribution is 7.11. The highest BCUT2D eigenvalue weighted by Gasteiger charge is 2.22. The van der Waals surface area contributed by atoms with E-state index >= 15 is 0 Å². The summed E-state index contributed by atoms with van der Waals surface area (Å²) in [6.07, 6.45) is 2.17. The van der Waals surface area contributed by atoms with E-state index in [0.29, 0.717) is 13.0 Å². The number of aromatic nitrogens is 1. The minimum atomic E-state index is -0.841. The Hall–Kier alpha value is -2.08. The summed E-state index contributed by atoms with van der Waals surface area (Å²) < 4.78 is 11.5. The minimum Gasteiger partial charge on any atom is -0.486 e. The van der Waals surface area contributed by atoms with Crippen molar-refractivity contribution in [2.24, 2.45) is 0 Å². The van der Waals surface area contributed by atoms with E-state index in [-0.39, 0.29) is 12.5 Å². The number of carboxylic acids is 1. The van der Waals surface area contributed by atoms with Crippen molar-refractivity contribution in [2.75, 3.05) is 6.61 Å². The zero-order valence-electron chi connectivity index (χ0n) is 10.6. The number of thiazole rings is 1. The second kappa shape index (κ2) is 5.50. The topological polar surface area (TPSA) is 68.7 Å². The van der Waals surface area contributed by atoms with E-state index in [1.807, 2.05) is 24.3 Å². The molecule has 5 nitrogen and oxygen atoms in total. The second-order valence-electron chi connectivity index (χ2n) is 4.49. The molecule has 2 aromatic rings. The number of para-hydroxylation sites is 2. The van der Waals surface area contributed by atoms with E-state index < -0.39 is 5.97 Å². The zero-order chi connectivity index (χ0) is 13.9. The summed E-state index contributed by atoms with van der Waals surface area (Å²) in [5.74, 6) is 0.659. The monoisotopic (exact) mass is 291 g/mol. The number of rotatable bonds is 4. The Kier molecular flexibility index (Phi) is 3.56. The molecule has 1 unspecified atom stereocenters. The van der Waals surface area contributed by atoms with Gasteiger partial charge in [-0.25, -0.2) is 4.98 Å². The van der Waals surface area contributed by atoms with Gasteiger partial charge in [-0.3, -0.25) is 4.79 Å². The van der Waals surface area contributed by atoms with Gasteiger partial charge in [0, 0.05) is 17.5 Å². The Bertz CT molecular complexity index is 625. The van der Waals surface area contributed by atoms with Gasteiger partial charge in [-0.2, -0.15) is 0 Å². The first-order chi connectivity index (χ1) is 9.70. The molecule has 1 aromatic heterocycles. The summed E-state index contributed by atoms with van der Waals surface area (Å²) >= 11 is 1.41. The van der Waals surface area contributed by atoms with Gasteiger partial charge in [-0.15, -0.1) is 11.3 Å². The van der Waals surface area contributed by atoms with Gasteiger partial charge in [-0.05, 0) is 12.1 Å². The van der Waals surface area contributed by atoms with Crippen molar-refractivity contribution in [3.63, 3.8) is 0 Å². The van der Waals surface area contributed by atoms with Crippen molar-refractivity contribution in [3.05, 3.63) is 40.3 Å². The van der Waals surface area contributed by atoms with Crippen molar-refractivity contribution in [3.8, 4) is 11.5 Å². The predicted octanol–water partition coefficient (Wildman–Crippen LogP) is 2.15. The molecule has 104 valence electrons. The molecule has 1 aromatic carbocycles. The number of ether oxygens (including phenoxy) is 2. The average molecular weight is 291 g/mol. The highest BCUT2D eigenvalue weighted by atomic mass is 32.1. The van der Waals surface area contributed by atoms with Crippen LogP contribution in [0.5, 0.6) is 11.5 Å². The lowest BCUT2D eigenvalue weighted by atomic mass is 10.2. The molecule has 0 saturated carbocycles. The normalized spacial score (nSPS) is 16.9. The van der Waals surface area contributed by atoms with Crippen LogP contribution < -0.4 is 9.47 Å². The highest BCUT2D eigenvalue weighted by Crippen LogP contribution is 2.31. The van der Waals surface area contributed by atoms with Crippen LogP contribution in [0.3, 0.4) is 0 Å². The van der Waals surface area contributed by atoms with Gasteiger partial charge in [0.05, 0.1) is 11.4 Å². The molecule has 0 radical (unpaired) electrons. The van der Waals surface area contributed by atoms with E-state index in [1.165, 1.54) is 11.3 Å². The molecule has 2 heterocycles. The molecule has 1 aliphatic heterocycles. The van der Waals surface area contributed by atoms with Crippen LogP contribution in [-0.2, 0) is 17.6 Å². The summed E-state index contributed by atoms with van der Waals surface area (Å²) in [4.78, 5) is 15.6. The molecule has 1 atom stereocenters. The van der Waals surface area contributed by atoms with Crippen LogP contribution >= 0.6 is 11.3 Å². The van der Waals surface area contributed by atoms with Crippen LogP contribution in [0.25, 0.3) is 0 Å². The number of hydrogen-bond acceptors (Lipinski definition) is 5. The van der Waals surface area contributed by atoms with Gasteiger partial charge in [0.25, 0.3) is 0 Å². The third-order valence-corrected chi connectivity index (χ3v) is 3.92. The predicted molar refractivity (Wildman–Crippen MR) is 73.5 cm³/mol. The number of benzene rings is 1. The van der Waals surface area contributed by atoms with Gasteiger partial charge in [0.15, 0.2) is 11.5 Å². The molecule has 0 spiro atoms. The van der Waals surface area contributed by atoms with Crippen molar-refractivity contribution in [1.29, 1.82) is 0 Å².